The summed E-state index contributed by atoms with van der Waals surface area (Å²) in [5.74, 6) is -0.409. The van der Waals surface area contributed by atoms with E-state index in [-0.39, 0.29) is 11.4 Å². The SMILES string of the molecule is O=C(N/N=C\c1cc(Br)cc(Br)c1O)c1cc(-c2ccc(-c3ccccc3)cc2)n[nH]1. The van der Waals surface area contributed by atoms with Gasteiger partial charge in [-0.05, 0) is 45.3 Å². The van der Waals surface area contributed by atoms with E-state index in [1.165, 1.54) is 6.21 Å². The van der Waals surface area contributed by atoms with Crippen LogP contribution in [0.3, 0.4) is 0 Å². The molecule has 1 heterocycles. The number of hydrogen-bond donors (Lipinski definition) is 3. The Hall–Kier alpha value is -3.23. The van der Waals surface area contributed by atoms with Crippen LogP contribution in [0.1, 0.15) is 16.1 Å². The lowest BCUT2D eigenvalue weighted by Gasteiger charge is -2.03. The number of aromatic nitrogens is 2. The van der Waals surface area contributed by atoms with E-state index in [4.69, 9.17) is 0 Å². The maximum Gasteiger partial charge on any atom is 0.289 e. The number of nitrogens with zero attached hydrogens (tertiary/aromatic N) is 2. The van der Waals surface area contributed by atoms with Gasteiger partial charge in [0.1, 0.15) is 11.4 Å². The summed E-state index contributed by atoms with van der Waals surface area (Å²) in [6.07, 6.45) is 1.36. The lowest BCUT2D eigenvalue weighted by atomic mass is 10.0. The Morgan fingerprint density at radius 1 is 0.968 bits per heavy atom. The van der Waals surface area contributed by atoms with E-state index in [1.54, 1.807) is 18.2 Å². The maximum absolute atomic E-state index is 12.4. The van der Waals surface area contributed by atoms with Gasteiger partial charge in [0.25, 0.3) is 5.91 Å². The molecule has 1 aromatic heterocycles. The Morgan fingerprint density at radius 3 is 2.39 bits per heavy atom. The molecule has 3 N–H and O–H groups in total. The van der Waals surface area contributed by atoms with E-state index in [1.807, 2.05) is 42.5 Å². The van der Waals surface area contributed by atoms with Crippen molar-refractivity contribution in [3.05, 3.63) is 93.0 Å². The van der Waals surface area contributed by atoms with E-state index in [2.05, 4.69) is 64.7 Å². The van der Waals surface area contributed by atoms with Crippen LogP contribution in [0, 0.1) is 0 Å². The van der Waals surface area contributed by atoms with E-state index < -0.39 is 5.91 Å². The van der Waals surface area contributed by atoms with Gasteiger partial charge in [0.05, 0.1) is 16.4 Å². The topological polar surface area (TPSA) is 90.4 Å². The smallest absolute Gasteiger partial charge is 0.289 e. The third-order valence-electron chi connectivity index (χ3n) is 4.54. The number of aromatic hydroxyl groups is 1. The molecule has 0 aliphatic rings. The lowest BCUT2D eigenvalue weighted by Crippen LogP contribution is -2.18. The van der Waals surface area contributed by atoms with Crippen LogP contribution >= 0.6 is 31.9 Å². The Bertz CT molecular complexity index is 1250. The van der Waals surface area contributed by atoms with Crippen molar-refractivity contribution < 1.29 is 9.90 Å². The van der Waals surface area contributed by atoms with Gasteiger partial charge in [-0.25, -0.2) is 5.43 Å². The van der Waals surface area contributed by atoms with Gasteiger partial charge in [-0.15, -0.1) is 0 Å². The number of carbonyl (C=O) groups excluding carboxylic acids is 1. The largest absolute Gasteiger partial charge is 0.506 e. The Balaban J connectivity index is 1.44. The highest BCUT2D eigenvalue weighted by atomic mass is 79.9. The second-order valence-electron chi connectivity index (χ2n) is 6.63. The molecule has 0 saturated heterocycles. The van der Waals surface area contributed by atoms with Gasteiger partial charge in [0.15, 0.2) is 0 Å². The normalized spacial score (nSPS) is 11.0. The summed E-state index contributed by atoms with van der Waals surface area (Å²) in [5, 5.41) is 20.9. The van der Waals surface area contributed by atoms with Gasteiger partial charge in [-0.2, -0.15) is 10.2 Å². The predicted octanol–water partition coefficient (Wildman–Crippen LogP) is 5.74. The van der Waals surface area contributed by atoms with E-state index in [9.17, 15) is 9.90 Å². The summed E-state index contributed by atoms with van der Waals surface area (Å²) in [7, 11) is 0. The molecule has 0 atom stereocenters. The van der Waals surface area contributed by atoms with Crippen LogP contribution in [0.4, 0.5) is 0 Å². The minimum Gasteiger partial charge on any atom is -0.506 e. The van der Waals surface area contributed by atoms with Gasteiger partial charge >= 0.3 is 0 Å². The number of hydrazone groups is 1. The molecule has 0 saturated carbocycles. The molecule has 154 valence electrons. The van der Waals surface area contributed by atoms with Crippen molar-refractivity contribution in [1.82, 2.24) is 15.6 Å². The quantitative estimate of drug-likeness (QED) is 0.223. The molecule has 0 radical (unpaired) electrons. The Labute approximate surface area is 195 Å². The zero-order chi connectivity index (χ0) is 21.8. The number of nitrogens with one attached hydrogen (secondary N) is 2. The molecular formula is C23H16Br2N4O2. The van der Waals surface area contributed by atoms with E-state index in [0.717, 1.165) is 21.2 Å². The van der Waals surface area contributed by atoms with Crippen molar-refractivity contribution in [2.45, 2.75) is 0 Å². The van der Waals surface area contributed by atoms with Crippen molar-refractivity contribution >= 4 is 44.0 Å². The minimum atomic E-state index is -0.440. The molecule has 0 bridgehead atoms. The lowest BCUT2D eigenvalue weighted by molar-refractivity contribution is 0.0950. The van der Waals surface area contributed by atoms with Gasteiger partial charge in [0, 0.05) is 15.6 Å². The number of phenolic OH excluding ortho intramolecular Hbond substituents is 1. The summed E-state index contributed by atoms with van der Waals surface area (Å²) in [6, 6.07) is 23.1. The molecule has 3 aromatic carbocycles. The van der Waals surface area contributed by atoms with Gasteiger partial charge < -0.3 is 5.11 Å². The molecule has 8 heteroatoms. The first-order valence-electron chi connectivity index (χ1n) is 9.24. The van der Waals surface area contributed by atoms with Crippen LogP contribution in [0.5, 0.6) is 5.75 Å². The van der Waals surface area contributed by atoms with Crippen molar-refractivity contribution in [3.63, 3.8) is 0 Å². The second-order valence-corrected chi connectivity index (χ2v) is 8.40. The Kier molecular flexibility index (Phi) is 6.29. The summed E-state index contributed by atoms with van der Waals surface area (Å²) < 4.78 is 1.28. The number of H-pyrrole nitrogens is 1. The molecule has 0 spiro atoms. The van der Waals surface area contributed by atoms with Crippen LogP contribution in [0.15, 0.2) is 86.8 Å². The fourth-order valence-electron chi connectivity index (χ4n) is 2.95. The first kappa shape index (κ1) is 21.0. The molecule has 0 aliphatic heterocycles. The zero-order valence-corrected chi connectivity index (χ0v) is 19.2. The summed E-state index contributed by atoms with van der Waals surface area (Å²) >= 11 is 6.60. The summed E-state index contributed by atoms with van der Waals surface area (Å²) in [4.78, 5) is 12.4. The number of halogens is 2. The first-order valence-corrected chi connectivity index (χ1v) is 10.8. The summed E-state index contributed by atoms with van der Waals surface area (Å²) in [5.41, 5.74) is 6.94. The number of rotatable bonds is 5. The number of hydrogen-bond acceptors (Lipinski definition) is 4. The molecule has 1 amide bonds. The molecule has 4 rings (SSSR count). The van der Waals surface area contributed by atoms with Crippen molar-refractivity contribution in [3.8, 4) is 28.1 Å². The predicted molar refractivity (Wildman–Crippen MR) is 128 cm³/mol. The molecule has 6 nitrogen and oxygen atoms in total. The third-order valence-corrected chi connectivity index (χ3v) is 5.60. The van der Waals surface area contributed by atoms with Gasteiger partial charge in [0.2, 0.25) is 0 Å². The summed E-state index contributed by atoms with van der Waals surface area (Å²) in [6.45, 7) is 0. The fraction of sp³-hybridized carbons (Fsp3) is 0. The monoisotopic (exact) mass is 538 g/mol. The van der Waals surface area contributed by atoms with Crippen LogP contribution in [0.2, 0.25) is 0 Å². The highest BCUT2D eigenvalue weighted by Crippen LogP contribution is 2.30. The van der Waals surface area contributed by atoms with E-state index >= 15 is 0 Å². The number of aromatic amines is 1. The molecule has 0 aliphatic carbocycles. The van der Waals surface area contributed by atoms with Crippen molar-refractivity contribution in [2.75, 3.05) is 0 Å². The highest BCUT2D eigenvalue weighted by Gasteiger charge is 2.11. The zero-order valence-electron chi connectivity index (χ0n) is 16.0. The second kappa shape index (κ2) is 9.28. The van der Waals surface area contributed by atoms with Crippen LogP contribution in [-0.4, -0.2) is 27.4 Å². The first-order chi connectivity index (χ1) is 15.0. The average molecular weight is 540 g/mol. The molecular weight excluding hydrogens is 524 g/mol. The third kappa shape index (κ3) is 4.92. The van der Waals surface area contributed by atoms with Crippen LogP contribution in [-0.2, 0) is 0 Å². The van der Waals surface area contributed by atoms with Crippen LogP contribution in [0.25, 0.3) is 22.4 Å². The number of amides is 1. The van der Waals surface area contributed by atoms with Crippen molar-refractivity contribution in [1.29, 1.82) is 0 Å². The van der Waals surface area contributed by atoms with Crippen LogP contribution < -0.4 is 5.43 Å². The fourth-order valence-corrected chi connectivity index (χ4v) is 4.21. The maximum atomic E-state index is 12.4. The Morgan fingerprint density at radius 2 is 1.65 bits per heavy atom. The number of benzene rings is 3. The van der Waals surface area contributed by atoms with Gasteiger partial charge in [-0.1, -0.05) is 70.5 Å². The molecule has 0 unspecified atom stereocenters. The average Bonchev–Trinajstić information content (AvgIpc) is 3.28. The standard InChI is InChI=1S/C23H16Br2N4O2/c24-18-10-17(22(30)19(25)11-18)13-26-29-23(31)21-12-20(27-28-21)16-8-6-15(7-9-16)14-4-2-1-3-5-14/h1-13,30H,(H,27,28)(H,29,31)/b26-13-. The number of phenols is 1. The molecule has 4 aromatic rings. The van der Waals surface area contributed by atoms with E-state index in [0.29, 0.717) is 15.7 Å². The molecule has 31 heavy (non-hydrogen) atoms. The number of carbonyl (C=O) groups is 1. The van der Waals surface area contributed by atoms with Crippen molar-refractivity contribution in [2.24, 2.45) is 5.10 Å². The molecule has 0 fully saturated rings. The highest BCUT2D eigenvalue weighted by molar-refractivity contribution is 9.11. The minimum absolute atomic E-state index is 0.0315. The van der Waals surface area contributed by atoms with Gasteiger partial charge in [-0.3, -0.25) is 9.89 Å².